The van der Waals surface area contributed by atoms with Crippen LogP contribution >= 0.6 is 0 Å². The van der Waals surface area contributed by atoms with Gasteiger partial charge in [0.05, 0.1) is 12.2 Å². The largest absolute Gasteiger partial charge is 0.478 e. The Balaban J connectivity index is 2.08. The zero-order valence-electron chi connectivity index (χ0n) is 11.0. The molecule has 1 saturated heterocycles. The van der Waals surface area contributed by atoms with Crippen molar-refractivity contribution in [1.29, 1.82) is 0 Å². The van der Waals surface area contributed by atoms with E-state index in [1.165, 1.54) is 24.3 Å². The number of hydrogen-bond donors (Lipinski definition) is 6. The monoisotopic (exact) mass is 299 g/mol. The maximum absolute atomic E-state index is 10.7. The smallest absolute Gasteiger partial charge is 0.335 e. The van der Waals surface area contributed by atoms with Crippen molar-refractivity contribution in [1.82, 2.24) is 0 Å². The van der Waals surface area contributed by atoms with E-state index in [2.05, 4.69) is 5.32 Å². The van der Waals surface area contributed by atoms with Crippen molar-refractivity contribution in [3.05, 3.63) is 29.8 Å². The van der Waals surface area contributed by atoms with Crippen molar-refractivity contribution >= 4 is 11.7 Å². The van der Waals surface area contributed by atoms with Crippen LogP contribution in [0.15, 0.2) is 24.3 Å². The lowest BCUT2D eigenvalue weighted by molar-refractivity contribution is -0.221. The number of hydrogen-bond acceptors (Lipinski definition) is 7. The van der Waals surface area contributed by atoms with E-state index in [0.29, 0.717) is 5.69 Å². The van der Waals surface area contributed by atoms with Crippen molar-refractivity contribution in [3.8, 4) is 0 Å². The molecule has 1 aromatic rings. The summed E-state index contributed by atoms with van der Waals surface area (Å²) in [6.45, 7) is -0.513. The molecule has 116 valence electrons. The molecule has 0 radical (unpaired) electrons. The Bertz CT molecular complexity index is 490. The summed E-state index contributed by atoms with van der Waals surface area (Å²) in [5.41, 5.74) is 0.568. The summed E-state index contributed by atoms with van der Waals surface area (Å²) >= 11 is 0. The number of aliphatic hydroxyl groups excluding tert-OH is 4. The minimum atomic E-state index is -1.47. The van der Waals surface area contributed by atoms with Gasteiger partial charge in [0.1, 0.15) is 24.4 Å². The fourth-order valence-corrected chi connectivity index (χ4v) is 2.09. The molecule has 0 amide bonds. The topological polar surface area (TPSA) is 139 Å². The van der Waals surface area contributed by atoms with Gasteiger partial charge in [0, 0.05) is 5.69 Å². The highest BCUT2D eigenvalue weighted by Crippen LogP contribution is 2.23. The molecule has 6 N–H and O–H groups in total. The summed E-state index contributed by atoms with van der Waals surface area (Å²) < 4.78 is 5.27. The molecule has 1 fully saturated rings. The number of rotatable bonds is 4. The highest BCUT2D eigenvalue weighted by Gasteiger charge is 2.43. The van der Waals surface area contributed by atoms with Gasteiger partial charge in [-0.25, -0.2) is 4.79 Å². The molecule has 0 aliphatic carbocycles. The number of carboxylic acid groups (broad SMARTS) is 1. The quantitative estimate of drug-likeness (QED) is 0.399. The van der Waals surface area contributed by atoms with Crippen molar-refractivity contribution < 1.29 is 35.1 Å². The Kier molecular flexibility index (Phi) is 4.76. The maximum atomic E-state index is 10.7. The van der Waals surface area contributed by atoms with Crippen molar-refractivity contribution in [2.75, 3.05) is 11.9 Å². The average Bonchev–Trinajstić information content (AvgIpc) is 2.48. The third-order valence-corrected chi connectivity index (χ3v) is 3.33. The van der Waals surface area contributed by atoms with Crippen LogP contribution in [0.2, 0.25) is 0 Å². The highest BCUT2D eigenvalue weighted by molar-refractivity contribution is 5.87. The predicted octanol–water partition coefficient (Wildman–Crippen LogP) is -1.40. The second-order valence-corrected chi connectivity index (χ2v) is 4.78. The zero-order valence-corrected chi connectivity index (χ0v) is 11.0. The Morgan fingerprint density at radius 2 is 1.71 bits per heavy atom. The van der Waals surface area contributed by atoms with Crippen LogP contribution < -0.4 is 5.32 Å². The summed E-state index contributed by atoms with van der Waals surface area (Å²) in [5, 5.41) is 49.8. The molecule has 2 unspecified atom stereocenters. The molecule has 8 heteroatoms. The normalized spacial score (nSPS) is 32.7. The second kappa shape index (κ2) is 6.37. The number of anilines is 1. The molecule has 2 rings (SSSR count). The van der Waals surface area contributed by atoms with E-state index in [1.54, 1.807) is 0 Å². The van der Waals surface area contributed by atoms with Crippen LogP contribution in [0.4, 0.5) is 5.69 Å². The highest BCUT2D eigenvalue weighted by atomic mass is 16.6. The lowest BCUT2D eigenvalue weighted by Crippen LogP contribution is -2.60. The van der Waals surface area contributed by atoms with E-state index in [4.69, 9.17) is 14.9 Å². The van der Waals surface area contributed by atoms with Crippen LogP contribution in [0.5, 0.6) is 0 Å². The standard InChI is InChI=1S/C13H17NO7/c15-5-8-9(16)10(17)11(18)12(21-8)14-7-3-1-6(2-4-7)13(19)20/h1-4,8-12,14-18H,5H2,(H,19,20)/t8?,9-,10-,11?,12-/m1/s1. The van der Waals surface area contributed by atoms with Crippen LogP contribution in [0.1, 0.15) is 10.4 Å². The lowest BCUT2D eigenvalue weighted by atomic mass is 9.98. The molecule has 0 spiro atoms. The number of benzene rings is 1. The molecule has 1 aromatic carbocycles. The first-order valence-corrected chi connectivity index (χ1v) is 6.34. The van der Waals surface area contributed by atoms with Gasteiger partial charge in [0.25, 0.3) is 0 Å². The van der Waals surface area contributed by atoms with Crippen LogP contribution in [-0.2, 0) is 4.74 Å². The second-order valence-electron chi connectivity index (χ2n) is 4.78. The Morgan fingerprint density at radius 1 is 1.10 bits per heavy atom. The van der Waals surface area contributed by atoms with E-state index in [0.717, 1.165) is 0 Å². The number of carboxylic acids is 1. The minimum Gasteiger partial charge on any atom is -0.478 e. The first-order valence-electron chi connectivity index (χ1n) is 6.34. The van der Waals surface area contributed by atoms with Crippen LogP contribution in [0.3, 0.4) is 0 Å². The Labute approximate surface area is 120 Å². The fraction of sp³-hybridized carbons (Fsp3) is 0.462. The summed E-state index contributed by atoms with van der Waals surface area (Å²) in [5.74, 6) is -1.06. The van der Waals surface area contributed by atoms with E-state index in [1.807, 2.05) is 0 Å². The van der Waals surface area contributed by atoms with Crippen molar-refractivity contribution in [2.24, 2.45) is 0 Å². The molecule has 1 aliphatic rings. The number of ether oxygens (including phenoxy) is 1. The van der Waals surface area contributed by atoms with Crippen LogP contribution in [-0.4, -0.2) is 68.8 Å². The number of aromatic carboxylic acids is 1. The number of carbonyl (C=O) groups is 1. The molecular formula is C13H17NO7. The zero-order chi connectivity index (χ0) is 15.6. The summed E-state index contributed by atoms with van der Waals surface area (Å²) in [4.78, 5) is 10.7. The SMILES string of the molecule is O=C(O)c1ccc(N[C@@H]2OC(CO)[C@@H](O)[C@@H](O)C2O)cc1. The van der Waals surface area contributed by atoms with E-state index in [9.17, 15) is 20.1 Å². The van der Waals surface area contributed by atoms with Gasteiger partial charge in [-0.15, -0.1) is 0 Å². The predicted molar refractivity (Wildman–Crippen MR) is 70.8 cm³/mol. The summed E-state index contributed by atoms with van der Waals surface area (Å²) in [7, 11) is 0. The lowest BCUT2D eigenvalue weighted by Gasteiger charge is -2.40. The molecule has 21 heavy (non-hydrogen) atoms. The average molecular weight is 299 g/mol. The van der Waals surface area contributed by atoms with Crippen LogP contribution in [0.25, 0.3) is 0 Å². The minimum absolute atomic E-state index is 0.106. The van der Waals surface area contributed by atoms with Gasteiger partial charge in [-0.2, -0.15) is 0 Å². The number of nitrogens with one attached hydrogen (secondary N) is 1. The van der Waals surface area contributed by atoms with Gasteiger partial charge in [0.2, 0.25) is 0 Å². The summed E-state index contributed by atoms with van der Waals surface area (Å²) in [6.07, 6.45) is -6.33. The molecule has 8 nitrogen and oxygen atoms in total. The van der Waals surface area contributed by atoms with E-state index in [-0.39, 0.29) is 5.56 Å². The molecule has 1 heterocycles. The third kappa shape index (κ3) is 3.31. The van der Waals surface area contributed by atoms with Crippen LogP contribution in [0, 0.1) is 0 Å². The Morgan fingerprint density at radius 3 is 2.24 bits per heavy atom. The number of aliphatic hydroxyl groups is 4. The van der Waals surface area contributed by atoms with Gasteiger partial charge < -0.3 is 35.6 Å². The maximum Gasteiger partial charge on any atom is 0.335 e. The van der Waals surface area contributed by atoms with Crippen molar-refractivity contribution in [3.63, 3.8) is 0 Å². The molecule has 1 aliphatic heterocycles. The Hall–Kier alpha value is -1.71. The van der Waals surface area contributed by atoms with Gasteiger partial charge >= 0.3 is 5.97 Å². The van der Waals surface area contributed by atoms with Gasteiger partial charge in [-0.1, -0.05) is 0 Å². The first kappa shape index (κ1) is 15.7. The van der Waals surface area contributed by atoms with Gasteiger partial charge in [0.15, 0.2) is 6.23 Å². The first-order chi connectivity index (χ1) is 9.93. The molecule has 0 aromatic heterocycles. The third-order valence-electron chi connectivity index (χ3n) is 3.33. The molecular weight excluding hydrogens is 282 g/mol. The van der Waals surface area contributed by atoms with E-state index < -0.39 is 43.2 Å². The molecule has 0 bridgehead atoms. The molecule has 0 saturated carbocycles. The van der Waals surface area contributed by atoms with Crippen molar-refractivity contribution in [2.45, 2.75) is 30.6 Å². The van der Waals surface area contributed by atoms with Gasteiger partial charge in [-0.3, -0.25) is 0 Å². The fourth-order valence-electron chi connectivity index (χ4n) is 2.09. The van der Waals surface area contributed by atoms with Gasteiger partial charge in [-0.05, 0) is 24.3 Å². The molecule has 5 atom stereocenters. The van der Waals surface area contributed by atoms with E-state index >= 15 is 0 Å². The summed E-state index contributed by atoms with van der Waals surface area (Å²) in [6, 6.07) is 5.69.